The van der Waals surface area contributed by atoms with E-state index in [4.69, 9.17) is 31.2 Å². The van der Waals surface area contributed by atoms with Crippen LogP contribution < -0.4 is 5.32 Å². The number of nitrogens with one attached hydrogen (secondary N) is 1. The molecule has 0 spiro atoms. The number of quaternary nitrogens is 2. The number of hydrogen-bond acceptors (Lipinski definition) is 15. The third-order valence-corrected chi connectivity index (χ3v) is 16.5. The van der Waals surface area contributed by atoms with E-state index in [0.29, 0.717) is 28.5 Å². The van der Waals surface area contributed by atoms with E-state index in [0.717, 1.165) is 39.1 Å². The van der Waals surface area contributed by atoms with Crippen LogP contribution in [0.1, 0.15) is 119 Å². The van der Waals surface area contributed by atoms with Gasteiger partial charge in [-0.1, -0.05) is 88.9 Å². The molecule has 6 unspecified atom stereocenters. The standard InChI is InChI=1S/C52H85N4O11S4.CH4/c1-14-16-29-70-51(68)71-42(39-20-18-17-19-21-39)33-41(45(58)53-36(3)4)35-52(7,8)50(63)67-28-30-69-43-34-44(57)54(46(43)59)22-25-64-47(60)37(5)31-40(49(62)66-26-23-55(9,10)11)32-38(6)48(61)65-27-24-56(12,13)15-2;/h17-21,36-38,40-43H,14-16,22-35H2,1-13H3;1H4/q+1;/p+1. The van der Waals surface area contributed by atoms with Crippen molar-refractivity contribution in [1.29, 1.82) is 0 Å². The summed E-state index contributed by atoms with van der Waals surface area (Å²) in [7, 11) is 10.0. The Kier molecular flexibility index (Phi) is 30.6. The number of hydrogen-bond donors (Lipinski definition) is 1. The van der Waals surface area contributed by atoms with E-state index in [2.05, 4.69) is 19.2 Å². The molecule has 1 fully saturated rings. The van der Waals surface area contributed by atoms with Gasteiger partial charge in [0, 0.05) is 29.4 Å². The molecule has 410 valence electrons. The fraction of sp³-hybridized carbons (Fsp3) is 0.736. The number of rotatable bonds is 33. The number of likely N-dealkylation sites (tertiary alicyclic amines) is 1. The van der Waals surface area contributed by atoms with E-state index in [1.165, 1.54) is 11.8 Å². The lowest BCUT2D eigenvalue weighted by atomic mass is 9.80. The minimum absolute atomic E-state index is 0. The highest BCUT2D eigenvalue weighted by atomic mass is 32.2. The first-order chi connectivity index (χ1) is 33.2. The molecule has 1 aliphatic heterocycles. The molecule has 6 atom stereocenters. The Morgan fingerprint density at radius 2 is 1.38 bits per heavy atom. The lowest BCUT2D eigenvalue weighted by Crippen LogP contribution is -2.42. The number of esters is 4. The summed E-state index contributed by atoms with van der Waals surface area (Å²) in [5.41, 5.74) is 0.0321. The van der Waals surface area contributed by atoms with Crippen LogP contribution in [-0.4, -0.2) is 170 Å². The van der Waals surface area contributed by atoms with Crippen LogP contribution in [0.2, 0.25) is 0 Å². The van der Waals surface area contributed by atoms with E-state index in [1.807, 2.05) is 79.4 Å². The number of benzene rings is 1. The van der Waals surface area contributed by atoms with E-state index in [9.17, 15) is 33.6 Å². The molecule has 1 aromatic carbocycles. The van der Waals surface area contributed by atoms with Crippen molar-refractivity contribution in [2.75, 3.05) is 99.4 Å². The maximum absolute atomic E-state index is 13.7. The summed E-state index contributed by atoms with van der Waals surface area (Å²) < 4.78 is 24.5. The van der Waals surface area contributed by atoms with Gasteiger partial charge in [0.25, 0.3) is 0 Å². The SMILES string of the molecule is C.CCCCSC(=S)SC(CC(CC(C)(C)C(=O)OCCSC1CC(=O)N(CCOC(=O)C(C)CC(CC(C)C(=O)OCC[N+](C)(C)CC)C(=O)OCC[N+](C)(C)C)C1=O)C(=O)NC(C)C)c1ccccc1. The quantitative estimate of drug-likeness (QED) is 0.0178. The summed E-state index contributed by atoms with van der Waals surface area (Å²) >= 11 is 10.2. The third kappa shape index (κ3) is 25.3. The molecular weight excluding hydrogens is 997 g/mol. The average Bonchev–Trinajstić information content (AvgIpc) is 3.56. The van der Waals surface area contributed by atoms with Crippen molar-refractivity contribution in [1.82, 2.24) is 10.2 Å². The molecular formula is C53H90N4O11S4+2. The van der Waals surface area contributed by atoms with Gasteiger partial charge in [0.05, 0.1) is 76.7 Å². The average molecular weight is 1090 g/mol. The highest BCUT2D eigenvalue weighted by Gasteiger charge is 2.40. The maximum Gasteiger partial charge on any atom is 0.311 e. The van der Waals surface area contributed by atoms with Crippen molar-refractivity contribution in [3.8, 4) is 0 Å². The molecule has 2 rings (SSSR count). The minimum Gasteiger partial charge on any atom is -0.464 e. The van der Waals surface area contributed by atoms with Gasteiger partial charge in [-0.2, -0.15) is 0 Å². The predicted molar refractivity (Wildman–Crippen MR) is 296 cm³/mol. The number of nitrogens with zero attached hydrogens (tertiary/aromatic N) is 3. The monoisotopic (exact) mass is 1090 g/mol. The van der Waals surface area contributed by atoms with Gasteiger partial charge in [-0.3, -0.25) is 38.5 Å². The summed E-state index contributed by atoms with van der Waals surface area (Å²) in [6.07, 6.45) is 2.99. The van der Waals surface area contributed by atoms with Gasteiger partial charge in [-0.25, -0.2) is 0 Å². The van der Waals surface area contributed by atoms with Gasteiger partial charge in [0.1, 0.15) is 43.0 Å². The zero-order chi connectivity index (χ0) is 53.5. The van der Waals surface area contributed by atoms with Gasteiger partial charge >= 0.3 is 23.9 Å². The van der Waals surface area contributed by atoms with E-state index >= 15 is 0 Å². The van der Waals surface area contributed by atoms with E-state index < -0.39 is 70.0 Å². The highest BCUT2D eigenvalue weighted by Crippen LogP contribution is 2.42. The van der Waals surface area contributed by atoms with Gasteiger partial charge < -0.3 is 33.2 Å². The molecule has 15 nitrogen and oxygen atoms in total. The summed E-state index contributed by atoms with van der Waals surface area (Å²) in [6.45, 7) is 17.0. The first-order valence-corrected chi connectivity index (χ1v) is 28.5. The van der Waals surface area contributed by atoms with Crippen LogP contribution in [0.5, 0.6) is 0 Å². The van der Waals surface area contributed by atoms with Crippen LogP contribution in [0.15, 0.2) is 30.3 Å². The molecule has 1 heterocycles. The fourth-order valence-electron chi connectivity index (χ4n) is 7.50. The number of thioether (sulfide) groups is 3. The Labute approximate surface area is 450 Å². The molecule has 72 heavy (non-hydrogen) atoms. The van der Waals surface area contributed by atoms with Crippen molar-refractivity contribution < 1.29 is 61.5 Å². The van der Waals surface area contributed by atoms with E-state index in [1.54, 1.807) is 51.2 Å². The first kappa shape index (κ1) is 66.8. The molecule has 3 amide bonds. The Morgan fingerprint density at radius 1 is 0.792 bits per heavy atom. The second-order valence-electron chi connectivity index (χ2n) is 21.2. The molecule has 0 bridgehead atoms. The number of amides is 3. The van der Waals surface area contributed by atoms with Crippen LogP contribution in [0.25, 0.3) is 0 Å². The molecule has 0 radical (unpaired) electrons. The van der Waals surface area contributed by atoms with Crippen molar-refractivity contribution in [2.45, 2.75) is 124 Å². The van der Waals surface area contributed by atoms with Crippen molar-refractivity contribution in [2.24, 2.45) is 29.1 Å². The Morgan fingerprint density at radius 3 is 1.94 bits per heavy atom. The van der Waals surface area contributed by atoms with Gasteiger partial charge in [0.2, 0.25) is 17.7 Å². The predicted octanol–water partition coefficient (Wildman–Crippen LogP) is 8.37. The number of imide groups is 1. The number of carbonyl (C=O) groups is 7. The molecule has 0 aliphatic carbocycles. The van der Waals surface area contributed by atoms with Gasteiger partial charge in [-0.15, -0.1) is 23.5 Å². The molecule has 19 heteroatoms. The lowest BCUT2D eigenvalue weighted by molar-refractivity contribution is -0.888. The summed E-state index contributed by atoms with van der Waals surface area (Å²) in [6, 6.07) is 9.88. The second-order valence-corrected chi connectivity index (χ2v) is 26.0. The number of thiocarbonyl (C=S) groups is 1. The molecule has 1 N–H and O–H groups in total. The Balaban J connectivity index is 0.0000259. The number of carbonyl (C=O) groups excluding carboxylic acids is 7. The van der Waals surface area contributed by atoms with Crippen LogP contribution in [-0.2, 0) is 52.5 Å². The largest absolute Gasteiger partial charge is 0.464 e. The van der Waals surface area contributed by atoms with Crippen LogP contribution in [0, 0.1) is 29.1 Å². The first-order valence-electron chi connectivity index (χ1n) is 25.1. The summed E-state index contributed by atoms with van der Waals surface area (Å²) in [4.78, 5) is 94.2. The van der Waals surface area contributed by atoms with Gasteiger partial charge in [0.15, 0.2) is 0 Å². The maximum atomic E-state index is 13.7. The number of ether oxygens (including phenoxy) is 4. The zero-order valence-corrected chi connectivity index (χ0v) is 48.2. The third-order valence-electron chi connectivity index (χ3n) is 12.4. The lowest BCUT2D eigenvalue weighted by Gasteiger charge is -2.30. The second kappa shape index (κ2) is 32.9. The Hall–Kier alpha value is -3.23. The molecule has 0 saturated carbocycles. The van der Waals surface area contributed by atoms with Crippen LogP contribution >= 0.6 is 47.5 Å². The van der Waals surface area contributed by atoms with Crippen LogP contribution in [0.4, 0.5) is 0 Å². The summed E-state index contributed by atoms with van der Waals surface area (Å²) in [5, 5.41) is 2.26. The van der Waals surface area contributed by atoms with Crippen LogP contribution in [0.3, 0.4) is 0 Å². The molecule has 0 aromatic heterocycles. The zero-order valence-electron chi connectivity index (χ0n) is 44.9. The normalized spacial score (nSPS) is 16.2. The van der Waals surface area contributed by atoms with E-state index in [-0.39, 0.29) is 89.0 Å². The fourth-order valence-corrected chi connectivity index (χ4v) is 11.4. The minimum atomic E-state index is -1.02. The van der Waals surface area contributed by atoms with Crippen molar-refractivity contribution in [3.05, 3.63) is 35.9 Å². The molecule has 1 saturated heterocycles. The molecule has 1 aromatic rings. The number of unbranched alkanes of at least 4 members (excludes halogenated alkanes) is 1. The summed E-state index contributed by atoms with van der Waals surface area (Å²) in [5.74, 6) is -4.45. The van der Waals surface area contributed by atoms with Crippen molar-refractivity contribution >= 4 is 92.6 Å². The highest BCUT2D eigenvalue weighted by molar-refractivity contribution is 8.47. The Bertz CT molecular complexity index is 1900. The topological polar surface area (TPSA) is 172 Å². The molecule has 1 aliphatic rings. The smallest absolute Gasteiger partial charge is 0.311 e. The number of likely N-dealkylation sites (N-methyl/N-ethyl adjacent to an activating group) is 2. The van der Waals surface area contributed by atoms with Gasteiger partial charge in [-0.05, 0) is 78.0 Å². The van der Waals surface area contributed by atoms with Crippen molar-refractivity contribution in [3.63, 3.8) is 0 Å².